The van der Waals surface area contributed by atoms with Crippen molar-refractivity contribution in [3.05, 3.63) is 42.5 Å². The summed E-state index contributed by atoms with van der Waals surface area (Å²) < 4.78 is 8.88. The maximum atomic E-state index is 10.4. The molecule has 0 radical (unpaired) electrons. The molecule has 0 spiro atoms. The Bertz CT molecular complexity index is 594. The van der Waals surface area contributed by atoms with Gasteiger partial charge in [-0.25, -0.2) is 4.57 Å². The van der Waals surface area contributed by atoms with Crippen LogP contribution >= 0.6 is 7.82 Å². The van der Waals surface area contributed by atoms with E-state index in [9.17, 15) is 30.3 Å². The number of hydrogen-bond donors (Lipinski definition) is 4. The fourth-order valence-corrected chi connectivity index (χ4v) is 0.974. The Morgan fingerprint density at radius 1 is 0.857 bits per heavy atom. The predicted octanol–water partition coefficient (Wildman–Crippen LogP) is 0.188. The van der Waals surface area contributed by atoms with Crippen molar-refractivity contribution in [1.82, 2.24) is 0 Å². The van der Waals surface area contributed by atoms with Crippen molar-refractivity contribution in [2.75, 3.05) is 0 Å². The molecule has 0 heterocycles. The van der Waals surface area contributed by atoms with Gasteiger partial charge in [-0.1, -0.05) is 0 Å². The van der Waals surface area contributed by atoms with Gasteiger partial charge in [0.05, 0.1) is 26.9 Å². The zero-order valence-corrected chi connectivity index (χ0v) is 10.5. The maximum Gasteiger partial charge on any atom is 0.466 e. The van der Waals surface area contributed by atoms with Crippen LogP contribution in [0.25, 0.3) is 0 Å². The van der Waals surface area contributed by atoms with Gasteiger partial charge in [-0.05, 0) is 0 Å². The first-order chi connectivity index (χ1) is 9.34. The third-order valence-electron chi connectivity index (χ3n) is 1.66. The molecule has 0 saturated heterocycles. The summed E-state index contributed by atoms with van der Waals surface area (Å²) >= 11 is 0. The zero-order valence-electron chi connectivity index (χ0n) is 9.59. The van der Waals surface area contributed by atoms with Gasteiger partial charge in [0.25, 0.3) is 11.4 Å². The average molecular weight is 327 g/mol. The van der Waals surface area contributed by atoms with Gasteiger partial charge in [0.2, 0.25) is 0 Å². The zero-order chi connectivity index (χ0) is 17.0. The van der Waals surface area contributed by atoms with Crippen LogP contribution < -0.4 is 0 Å². The molecule has 15 heteroatoms. The van der Waals surface area contributed by atoms with E-state index in [4.69, 9.17) is 24.4 Å². The van der Waals surface area contributed by atoms with Crippen molar-refractivity contribution >= 4 is 24.9 Å². The van der Waals surface area contributed by atoms with Crippen LogP contribution in [0.5, 0.6) is 5.75 Å². The molecule has 0 aliphatic heterocycles. The van der Waals surface area contributed by atoms with E-state index in [1.165, 1.54) is 0 Å². The van der Waals surface area contributed by atoms with Gasteiger partial charge in [0.15, 0.2) is 0 Å². The first-order valence-corrected chi connectivity index (χ1v) is 5.99. The quantitative estimate of drug-likeness (QED) is 0.332. The predicted molar refractivity (Wildman–Crippen MR) is 62.3 cm³/mol. The molecular weight excluding hydrogens is 321 g/mol. The standard InChI is InChI=1S/C6H3N3O7.H3O4P/c10-6-4(8(13)14)1-3(7(11)12)2-5(6)9(15)16;1-5(2,3)4/h1-2,10H;(H3,1,2,3,4). The summed E-state index contributed by atoms with van der Waals surface area (Å²) in [5.41, 5.74) is -3.00. The lowest BCUT2D eigenvalue weighted by molar-refractivity contribution is -0.404. The van der Waals surface area contributed by atoms with Crippen LogP contribution in [0.15, 0.2) is 12.1 Å². The summed E-state index contributed by atoms with van der Waals surface area (Å²) in [4.78, 5) is 49.3. The molecule has 1 aromatic carbocycles. The lowest BCUT2D eigenvalue weighted by atomic mass is 10.2. The number of aromatic hydroxyl groups is 1. The van der Waals surface area contributed by atoms with E-state index >= 15 is 0 Å². The third kappa shape index (κ3) is 6.35. The van der Waals surface area contributed by atoms with Crippen LogP contribution in [-0.4, -0.2) is 34.6 Å². The molecule has 21 heavy (non-hydrogen) atoms. The summed E-state index contributed by atoms with van der Waals surface area (Å²) in [6, 6.07) is 0.894. The lowest BCUT2D eigenvalue weighted by Crippen LogP contribution is -1.97. The average Bonchev–Trinajstić information content (AvgIpc) is 2.25. The Hall–Kier alpha value is -2.67. The number of rotatable bonds is 3. The number of nitro groups is 3. The number of phenolic OH excluding ortho intramolecular Hbond substituents is 1. The summed E-state index contributed by atoms with van der Waals surface area (Å²) in [5.74, 6) is -1.21. The molecule has 1 aromatic rings. The number of phenols is 1. The van der Waals surface area contributed by atoms with E-state index in [0.717, 1.165) is 0 Å². The Morgan fingerprint density at radius 2 is 1.14 bits per heavy atom. The van der Waals surface area contributed by atoms with Gasteiger partial charge < -0.3 is 19.8 Å². The molecule has 116 valence electrons. The largest absolute Gasteiger partial charge is 0.497 e. The Kier molecular flexibility index (Phi) is 5.82. The number of hydrogen-bond acceptors (Lipinski definition) is 8. The van der Waals surface area contributed by atoms with Crippen LogP contribution in [0.2, 0.25) is 0 Å². The Labute approximate surface area is 113 Å². The molecule has 0 saturated carbocycles. The summed E-state index contributed by atoms with van der Waals surface area (Å²) in [5, 5.41) is 40.2. The first kappa shape index (κ1) is 18.3. The van der Waals surface area contributed by atoms with Gasteiger partial charge in [0.1, 0.15) is 0 Å². The second-order valence-electron chi connectivity index (χ2n) is 3.12. The van der Waals surface area contributed by atoms with Crippen LogP contribution in [0.3, 0.4) is 0 Å². The number of benzene rings is 1. The van der Waals surface area contributed by atoms with Gasteiger partial charge in [-0.2, -0.15) is 0 Å². The molecule has 0 aromatic heterocycles. The fraction of sp³-hybridized carbons (Fsp3) is 0. The van der Waals surface area contributed by atoms with Gasteiger partial charge in [-0.15, -0.1) is 0 Å². The lowest BCUT2D eigenvalue weighted by Gasteiger charge is -1.97. The number of phosphoric acid groups is 1. The maximum absolute atomic E-state index is 10.4. The molecule has 0 unspecified atom stereocenters. The minimum absolute atomic E-state index is 0.447. The summed E-state index contributed by atoms with van der Waals surface area (Å²) in [7, 11) is -4.64. The molecule has 1 rings (SSSR count). The van der Waals surface area contributed by atoms with E-state index in [-0.39, 0.29) is 0 Å². The summed E-state index contributed by atoms with van der Waals surface area (Å²) in [6.45, 7) is 0. The van der Waals surface area contributed by atoms with Crippen LogP contribution in [0, 0.1) is 30.3 Å². The Balaban J connectivity index is 0.000000690. The number of non-ortho nitro benzene ring substituents is 1. The van der Waals surface area contributed by atoms with Crippen LogP contribution in [-0.2, 0) is 4.57 Å². The normalized spacial score (nSPS) is 10.2. The van der Waals surface area contributed by atoms with Crippen molar-refractivity contribution < 1.29 is 39.1 Å². The van der Waals surface area contributed by atoms with E-state index in [1.54, 1.807) is 0 Å². The molecule has 0 bridgehead atoms. The molecule has 0 aliphatic rings. The van der Waals surface area contributed by atoms with Gasteiger partial charge in [-0.3, -0.25) is 30.3 Å². The number of nitro benzene ring substituents is 3. The third-order valence-corrected chi connectivity index (χ3v) is 1.66. The van der Waals surface area contributed by atoms with Crippen molar-refractivity contribution in [2.45, 2.75) is 0 Å². The highest BCUT2D eigenvalue weighted by molar-refractivity contribution is 7.45. The smallest absolute Gasteiger partial charge is 0.466 e. The van der Waals surface area contributed by atoms with E-state index in [1.807, 2.05) is 0 Å². The molecular formula is C6H6N3O11P. The van der Waals surface area contributed by atoms with Crippen LogP contribution in [0.4, 0.5) is 17.1 Å². The van der Waals surface area contributed by atoms with Gasteiger partial charge in [0, 0.05) is 0 Å². The van der Waals surface area contributed by atoms with E-state index < -0.39 is 45.4 Å². The molecule has 0 fully saturated rings. The Morgan fingerprint density at radius 3 is 1.33 bits per heavy atom. The monoisotopic (exact) mass is 327 g/mol. The highest BCUT2D eigenvalue weighted by atomic mass is 31.2. The van der Waals surface area contributed by atoms with Crippen molar-refractivity contribution in [3.63, 3.8) is 0 Å². The first-order valence-electron chi connectivity index (χ1n) is 4.43. The SMILES string of the molecule is O=P(O)(O)O.O=[N+]([O-])c1cc([N+](=O)[O-])c(O)c([N+](=O)[O-])c1. The minimum atomic E-state index is -4.64. The van der Waals surface area contributed by atoms with E-state index in [2.05, 4.69) is 0 Å². The minimum Gasteiger partial charge on any atom is -0.497 e. The molecule has 14 nitrogen and oxygen atoms in total. The molecule has 0 aliphatic carbocycles. The highest BCUT2D eigenvalue weighted by Crippen LogP contribution is 2.38. The van der Waals surface area contributed by atoms with Crippen molar-refractivity contribution in [3.8, 4) is 5.75 Å². The van der Waals surface area contributed by atoms with Crippen molar-refractivity contribution in [2.24, 2.45) is 0 Å². The molecule has 0 atom stereocenters. The van der Waals surface area contributed by atoms with Crippen LogP contribution in [0.1, 0.15) is 0 Å². The second-order valence-corrected chi connectivity index (χ2v) is 4.14. The fourth-order valence-electron chi connectivity index (χ4n) is 0.974. The van der Waals surface area contributed by atoms with Gasteiger partial charge >= 0.3 is 19.2 Å². The molecule has 4 N–H and O–H groups in total. The van der Waals surface area contributed by atoms with Crippen molar-refractivity contribution in [1.29, 1.82) is 0 Å². The highest BCUT2D eigenvalue weighted by Gasteiger charge is 2.30. The van der Waals surface area contributed by atoms with E-state index in [0.29, 0.717) is 12.1 Å². The molecule has 0 amide bonds. The topological polar surface area (TPSA) is 227 Å². The summed E-state index contributed by atoms with van der Waals surface area (Å²) in [6.07, 6.45) is 0. The second kappa shape index (κ2) is 6.67. The number of nitrogens with zero attached hydrogens (tertiary/aromatic N) is 3.